The quantitative estimate of drug-likeness (QED) is 0.800. The summed E-state index contributed by atoms with van der Waals surface area (Å²) in [5.41, 5.74) is 2.41. The first-order valence-corrected chi connectivity index (χ1v) is 7.74. The summed E-state index contributed by atoms with van der Waals surface area (Å²) in [4.78, 5) is 12.0. The molecule has 18 heavy (non-hydrogen) atoms. The molecule has 0 spiro atoms. The van der Waals surface area contributed by atoms with Gasteiger partial charge in [-0.3, -0.25) is 4.79 Å². The number of aryl methyl sites for hydroxylation is 1. The summed E-state index contributed by atoms with van der Waals surface area (Å²) < 4.78 is 0. The van der Waals surface area contributed by atoms with E-state index in [1.54, 1.807) is 0 Å². The monoisotopic (exact) mass is 309 g/mol. The topological polar surface area (TPSA) is 29.1 Å². The molecule has 0 radical (unpaired) electrons. The molecule has 1 aromatic rings. The summed E-state index contributed by atoms with van der Waals surface area (Å²) in [5, 5.41) is 4.09. The second-order valence-corrected chi connectivity index (χ2v) is 5.97. The summed E-state index contributed by atoms with van der Waals surface area (Å²) >= 11 is 3.48. The molecule has 1 amide bonds. The third kappa shape index (κ3) is 3.35. The van der Waals surface area contributed by atoms with Gasteiger partial charge in [0.2, 0.25) is 0 Å². The van der Waals surface area contributed by atoms with Crippen LogP contribution in [-0.2, 0) is 6.42 Å². The highest BCUT2D eigenvalue weighted by molar-refractivity contribution is 9.09. The Labute approximate surface area is 117 Å². The van der Waals surface area contributed by atoms with E-state index in [4.69, 9.17) is 0 Å². The molecule has 1 saturated carbocycles. The Balaban J connectivity index is 1.87. The molecule has 0 unspecified atom stereocenters. The molecule has 0 saturated heterocycles. The highest BCUT2D eigenvalue weighted by atomic mass is 79.9. The summed E-state index contributed by atoms with van der Waals surface area (Å²) in [7, 11) is 0. The average Bonchev–Trinajstić information content (AvgIpc) is 3.17. The van der Waals surface area contributed by atoms with Gasteiger partial charge in [-0.2, -0.15) is 0 Å². The van der Waals surface area contributed by atoms with Crippen LogP contribution < -0.4 is 5.32 Å². The number of amides is 1. The number of benzene rings is 1. The Kier molecular flexibility index (Phi) is 4.44. The van der Waals surface area contributed by atoms with Gasteiger partial charge in [0.1, 0.15) is 0 Å². The number of carbonyl (C=O) groups excluding carboxylic acids is 1. The van der Waals surface area contributed by atoms with Crippen molar-refractivity contribution in [2.45, 2.75) is 32.6 Å². The van der Waals surface area contributed by atoms with Gasteiger partial charge in [-0.1, -0.05) is 35.0 Å². The standard InChI is InChI=1S/C15H20BrNO/c1-2-12-3-5-13(6-4-12)14(18)17-11-15(7-8-15)9-10-16/h3-6H,2,7-11H2,1H3,(H,17,18). The van der Waals surface area contributed by atoms with Crippen LogP contribution in [0.1, 0.15) is 42.1 Å². The van der Waals surface area contributed by atoms with E-state index < -0.39 is 0 Å². The Hall–Kier alpha value is -0.830. The SMILES string of the molecule is CCc1ccc(C(=O)NCC2(CCBr)CC2)cc1. The molecule has 98 valence electrons. The molecule has 1 fully saturated rings. The maximum absolute atomic E-state index is 12.0. The van der Waals surface area contributed by atoms with Gasteiger partial charge >= 0.3 is 0 Å². The average molecular weight is 310 g/mol. The van der Waals surface area contributed by atoms with Gasteiger partial charge in [0, 0.05) is 17.4 Å². The highest BCUT2D eigenvalue weighted by Gasteiger charge is 2.41. The van der Waals surface area contributed by atoms with Crippen molar-refractivity contribution < 1.29 is 4.79 Å². The van der Waals surface area contributed by atoms with E-state index >= 15 is 0 Å². The van der Waals surface area contributed by atoms with Crippen LogP contribution in [0.3, 0.4) is 0 Å². The molecule has 2 rings (SSSR count). The molecular formula is C15H20BrNO. The van der Waals surface area contributed by atoms with Crippen molar-refractivity contribution in [2.75, 3.05) is 11.9 Å². The minimum Gasteiger partial charge on any atom is -0.351 e. The lowest BCUT2D eigenvalue weighted by molar-refractivity contribution is 0.0944. The smallest absolute Gasteiger partial charge is 0.251 e. The zero-order valence-corrected chi connectivity index (χ0v) is 12.4. The molecule has 0 aliphatic heterocycles. The van der Waals surface area contributed by atoms with Crippen molar-refractivity contribution >= 4 is 21.8 Å². The summed E-state index contributed by atoms with van der Waals surface area (Å²) in [6.07, 6.45) is 4.65. The van der Waals surface area contributed by atoms with Crippen molar-refractivity contribution in [1.29, 1.82) is 0 Å². The summed E-state index contributed by atoms with van der Waals surface area (Å²) in [6.45, 7) is 2.93. The van der Waals surface area contributed by atoms with Gasteiger partial charge in [-0.15, -0.1) is 0 Å². The van der Waals surface area contributed by atoms with Gasteiger partial charge in [0.05, 0.1) is 0 Å². The maximum atomic E-state index is 12.0. The van der Waals surface area contributed by atoms with E-state index in [2.05, 4.69) is 28.2 Å². The van der Waals surface area contributed by atoms with Crippen LogP contribution in [0.4, 0.5) is 0 Å². The summed E-state index contributed by atoms with van der Waals surface area (Å²) in [5.74, 6) is 0.0542. The first-order valence-electron chi connectivity index (χ1n) is 6.62. The molecule has 0 bridgehead atoms. The number of alkyl halides is 1. The summed E-state index contributed by atoms with van der Waals surface area (Å²) in [6, 6.07) is 7.89. The molecule has 1 aliphatic carbocycles. The molecule has 1 N–H and O–H groups in total. The van der Waals surface area contributed by atoms with Crippen LogP contribution >= 0.6 is 15.9 Å². The van der Waals surface area contributed by atoms with Gasteiger partial charge < -0.3 is 5.32 Å². The Morgan fingerprint density at radius 1 is 1.33 bits per heavy atom. The predicted octanol–water partition coefficient (Wildman–Crippen LogP) is 3.54. The lowest BCUT2D eigenvalue weighted by Gasteiger charge is -2.14. The fourth-order valence-electron chi connectivity index (χ4n) is 2.15. The molecular weight excluding hydrogens is 290 g/mol. The fourth-order valence-corrected chi connectivity index (χ4v) is 3.00. The van der Waals surface area contributed by atoms with E-state index in [0.717, 1.165) is 30.3 Å². The number of halogens is 1. The normalized spacial score (nSPS) is 16.3. The molecule has 2 nitrogen and oxygen atoms in total. The number of hydrogen-bond acceptors (Lipinski definition) is 1. The fraction of sp³-hybridized carbons (Fsp3) is 0.533. The van der Waals surface area contributed by atoms with Gasteiger partial charge in [0.25, 0.3) is 5.91 Å². The molecule has 3 heteroatoms. The van der Waals surface area contributed by atoms with Crippen LogP contribution in [0.15, 0.2) is 24.3 Å². The van der Waals surface area contributed by atoms with Crippen LogP contribution in [0, 0.1) is 5.41 Å². The Morgan fingerprint density at radius 3 is 2.50 bits per heavy atom. The highest BCUT2D eigenvalue weighted by Crippen LogP contribution is 2.48. The van der Waals surface area contributed by atoms with Crippen molar-refractivity contribution in [2.24, 2.45) is 5.41 Å². The van der Waals surface area contributed by atoms with E-state index in [-0.39, 0.29) is 5.91 Å². The lowest BCUT2D eigenvalue weighted by Crippen LogP contribution is -2.30. The van der Waals surface area contributed by atoms with Crippen molar-refractivity contribution in [3.05, 3.63) is 35.4 Å². The second kappa shape index (κ2) is 5.87. The van der Waals surface area contributed by atoms with Crippen LogP contribution in [0.5, 0.6) is 0 Å². The molecule has 1 aliphatic rings. The van der Waals surface area contributed by atoms with Crippen molar-refractivity contribution in [1.82, 2.24) is 5.32 Å². The Morgan fingerprint density at radius 2 is 2.00 bits per heavy atom. The van der Waals surface area contributed by atoms with Crippen LogP contribution in [-0.4, -0.2) is 17.8 Å². The van der Waals surface area contributed by atoms with E-state index in [9.17, 15) is 4.79 Å². The molecule has 0 heterocycles. The molecule has 1 aromatic carbocycles. The minimum absolute atomic E-state index is 0.0542. The second-order valence-electron chi connectivity index (χ2n) is 5.17. The first-order chi connectivity index (χ1) is 8.69. The largest absolute Gasteiger partial charge is 0.351 e. The number of nitrogens with one attached hydrogen (secondary N) is 1. The zero-order valence-electron chi connectivity index (χ0n) is 10.8. The zero-order chi connectivity index (χ0) is 13.0. The molecule has 0 atom stereocenters. The third-order valence-electron chi connectivity index (χ3n) is 3.83. The van der Waals surface area contributed by atoms with E-state index in [1.165, 1.54) is 18.4 Å². The number of hydrogen-bond donors (Lipinski definition) is 1. The first kappa shape index (κ1) is 13.6. The number of carbonyl (C=O) groups is 1. The minimum atomic E-state index is 0.0542. The lowest BCUT2D eigenvalue weighted by atomic mass is 10.0. The predicted molar refractivity (Wildman–Crippen MR) is 78.2 cm³/mol. The van der Waals surface area contributed by atoms with E-state index in [1.807, 2.05) is 24.3 Å². The third-order valence-corrected chi connectivity index (χ3v) is 4.23. The number of rotatable bonds is 6. The van der Waals surface area contributed by atoms with Crippen molar-refractivity contribution in [3.63, 3.8) is 0 Å². The van der Waals surface area contributed by atoms with E-state index in [0.29, 0.717) is 5.41 Å². The van der Waals surface area contributed by atoms with Gasteiger partial charge in [0.15, 0.2) is 0 Å². The van der Waals surface area contributed by atoms with Crippen molar-refractivity contribution in [3.8, 4) is 0 Å². The van der Waals surface area contributed by atoms with Gasteiger partial charge in [-0.05, 0) is 48.8 Å². The van der Waals surface area contributed by atoms with Crippen LogP contribution in [0.25, 0.3) is 0 Å². The van der Waals surface area contributed by atoms with Gasteiger partial charge in [-0.25, -0.2) is 0 Å². The molecule has 0 aromatic heterocycles. The van der Waals surface area contributed by atoms with Crippen LogP contribution in [0.2, 0.25) is 0 Å². The maximum Gasteiger partial charge on any atom is 0.251 e. The Bertz CT molecular complexity index is 409.